The van der Waals surface area contributed by atoms with E-state index in [0.717, 1.165) is 83.5 Å². The monoisotopic (exact) mass is 1440 g/mol. The van der Waals surface area contributed by atoms with E-state index >= 15 is 0 Å². The lowest BCUT2D eigenvalue weighted by atomic mass is 9.57. The number of hydrogen-bond donors (Lipinski definition) is 0. The third-order valence-electron chi connectivity index (χ3n) is 26.9. The molecule has 0 unspecified atom stereocenters. The van der Waals surface area contributed by atoms with Crippen molar-refractivity contribution in [3.63, 3.8) is 0 Å². The van der Waals surface area contributed by atoms with E-state index < -0.39 is 32.5 Å². The second kappa shape index (κ2) is 22.9. The number of nitrogens with zero attached hydrogens (tertiary/aromatic N) is 7. The number of fused-ring (bicyclic) bond motifs is 15. The molecule has 0 bridgehead atoms. The zero-order valence-corrected chi connectivity index (χ0v) is 65.1. The maximum absolute atomic E-state index is 10.1. The van der Waals surface area contributed by atoms with Crippen LogP contribution < -0.4 is 19.6 Å². The topological polar surface area (TPSA) is 84.3 Å². The molecule has 0 amide bonds. The largest absolute Gasteiger partial charge is 0.310 e. The minimum absolute atomic E-state index is 0.473. The van der Waals surface area contributed by atoms with E-state index in [4.69, 9.17) is 0 Å². The standard InChI is InChI=1S/C105H81N7/c1-100(2)79-52-70(109(67-40-34-61(58-106)35-41-67)88-31-19-25-64-22-13-16-28-73(64)88)46-49-76(79)91-82(100)55-85-97-94(91)104(9,10)86-56-83-93(78-51-48-72(54-81(78)101(83,3)4)111(69-44-38-63(60-108)39-45-69)90-33-21-27-66-24-15-18-30-75(66)90)96-98(86)112(97)99-87(105(96,11)12)57-84-92(95(99)103(85,7)8)77-50-47-71(53-80(77)102(84,5)6)110(68-42-36-62(59-107)37-43-68)89-32-20-26-65-23-14-17-29-74(65)89/h13-57H,1-12H3. The van der Waals surface area contributed by atoms with Crippen molar-refractivity contribution >= 4 is 101 Å². The van der Waals surface area contributed by atoms with Crippen LogP contribution in [0.25, 0.3) is 65.7 Å². The molecular weight excluding hydrogens is 1360 g/mol. The lowest BCUT2D eigenvalue weighted by Crippen LogP contribution is -2.45. The summed E-state index contributed by atoms with van der Waals surface area (Å²) < 4.78 is 0. The summed E-state index contributed by atoms with van der Waals surface area (Å²) in [6, 6.07) is 107. The predicted molar refractivity (Wildman–Crippen MR) is 461 cm³/mol. The van der Waals surface area contributed by atoms with Gasteiger partial charge in [0.15, 0.2) is 0 Å². The van der Waals surface area contributed by atoms with Crippen LogP contribution in [0.15, 0.2) is 273 Å². The van der Waals surface area contributed by atoms with Gasteiger partial charge in [0.05, 0.1) is 69.0 Å². The number of benzene rings is 15. The fourth-order valence-electron chi connectivity index (χ4n) is 21.2. The van der Waals surface area contributed by atoms with Crippen molar-refractivity contribution in [2.45, 2.75) is 116 Å². The van der Waals surface area contributed by atoms with Crippen molar-refractivity contribution in [2.75, 3.05) is 19.6 Å². The van der Waals surface area contributed by atoms with Gasteiger partial charge in [-0.3, -0.25) is 0 Å². The van der Waals surface area contributed by atoms with E-state index in [9.17, 15) is 15.8 Å². The van der Waals surface area contributed by atoms with Gasteiger partial charge in [-0.25, -0.2) is 0 Å². The summed E-state index contributed by atoms with van der Waals surface area (Å²) in [7, 11) is 0. The molecule has 7 nitrogen and oxygen atoms in total. The van der Waals surface area contributed by atoms with Crippen LogP contribution in [-0.4, -0.2) is 0 Å². The molecule has 0 aromatic heterocycles. The molecule has 7 heteroatoms. The van der Waals surface area contributed by atoms with Gasteiger partial charge < -0.3 is 19.6 Å². The lowest BCUT2D eigenvalue weighted by molar-refractivity contribution is 0.558. The Labute approximate surface area is 655 Å². The number of anilines is 12. The van der Waals surface area contributed by atoms with Crippen LogP contribution in [0.5, 0.6) is 0 Å². The molecule has 0 saturated carbocycles. The Morgan fingerprint density at radius 3 is 0.759 bits per heavy atom. The van der Waals surface area contributed by atoms with E-state index in [1.165, 1.54) is 117 Å². The van der Waals surface area contributed by atoms with Crippen LogP contribution in [-0.2, 0) is 32.5 Å². The molecule has 21 rings (SSSR count). The molecule has 0 radical (unpaired) electrons. The Bertz CT molecular complexity index is 6190. The quantitative estimate of drug-likeness (QED) is 0.142. The highest BCUT2D eigenvalue weighted by Crippen LogP contribution is 2.74. The molecule has 3 heterocycles. The van der Waals surface area contributed by atoms with Gasteiger partial charge in [0, 0.05) is 82.8 Å². The maximum Gasteiger partial charge on any atom is 0.0991 e. The molecule has 0 fully saturated rings. The summed E-state index contributed by atoms with van der Waals surface area (Å²) in [6.07, 6.45) is 0. The van der Waals surface area contributed by atoms with E-state index in [1.807, 2.05) is 36.4 Å². The second-order valence-corrected chi connectivity index (χ2v) is 35.0. The van der Waals surface area contributed by atoms with Crippen molar-refractivity contribution in [1.29, 1.82) is 15.8 Å². The van der Waals surface area contributed by atoms with Crippen LogP contribution in [0.4, 0.5) is 68.2 Å². The highest BCUT2D eigenvalue weighted by atomic mass is 15.2. The lowest BCUT2D eigenvalue weighted by Gasteiger charge is -2.57. The first-order valence-corrected chi connectivity index (χ1v) is 39.2. The number of nitriles is 3. The van der Waals surface area contributed by atoms with Gasteiger partial charge >= 0.3 is 0 Å². The summed E-state index contributed by atoms with van der Waals surface area (Å²) in [5.74, 6) is 0. The smallest absolute Gasteiger partial charge is 0.0991 e. The number of hydrogen-bond acceptors (Lipinski definition) is 7. The molecule has 3 aliphatic carbocycles. The molecule has 0 spiro atoms. The highest BCUT2D eigenvalue weighted by molar-refractivity contribution is 6.10. The Morgan fingerprint density at radius 2 is 0.491 bits per heavy atom. The van der Waals surface area contributed by atoms with Gasteiger partial charge in [0.1, 0.15) is 0 Å². The normalized spacial score (nSPS) is 15.9. The van der Waals surface area contributed by atoms with Gasteiger partial charge in [-0.2, -0.15) is 15.8 Å². The van der Waals surface area contributed by atoms with Gasteiger partial charge in [0.25, 0.3) is 0 Å². The van der Waals surface area contributed by atoms with E-state index in [1.54, 1.807) is 0 Å². The van der Waals surface area contributed by atoms with Gasteiger partial charge in [-0.1, -0.05) is 229 Å². The predicted octanol–water partition coefficient (Wildman–Crippen LogP) is 27.5. The average molecular weight is 1440 g/mol. The first-order chi connectivity index (χ1) is 54.0. The Balaban J connectivity index is 0.822. The van der Waals surface area contributed by atoms with Crippen LogP contribution in [0.2, 0.25) is 0 Å². The zero-order chi connectivity index (χ0) is 76.8. The minimum atomic E-state index is -0.552. The SMILES string of the molecule is CC1(C)c2cc(N(c3ccc(C#N)cc3)c3cccc4ccccc34)ccc2-c2c1cc1c3c2C(C)(C)c2cc4c(c5c2N3c2c(cc3c(c2C1(C)C)-c1ccc(N(c2ccc(C#N)cc2)c2cccc6ccccc26)cc1C3(C)C)C5(C)C)-c1ccc(N(c2ccc(C#N)cc2)c2cccc3ccccc23)cc1C4(C)C. The first kappa shape index (κ1) is 66.9. The molecule has 6 aliphatic rings. The Kier molecular flexibility index (Phi) is 13.7. The van der Waals surface area contributed by atoms with Crippen molar-refractivity contribution in [3.8, 4) is 51.6 Å². The molecule has 0 saturated heterocycles. The molecule has 112 heavy (non-hydrogen) atoms. The van der Waals surface area contributed by atoms with Crippen LogP contribution in [0.1, 0.15) is 167 Å². The molecule has 3 aliphatic heterocycles. The summed E-state index contributed by atoms with van der Waals surface area (Å²) in [5, 5.41) is 37.3. The number of rotatable bonds is 9. The molecular formula is C105H81N7. The van der Waals surface area contributed by atoms with Gasteiger partial charge in [0.2, 0.25) is 0 Å². The van der Waals surface area contributed by atoms with Crippen LogP contribution >= 0.6 is 0 Å². The van der Waals surface area contributed by atoms with Gasteiger partial charge in [-0.15, -0.1) is 0 Å². The maximum atomic E-state index is 10.1. The highest BCUT2D eigenvalue weighted by Gasteiger charge is 2.59. The van der Waals surface area contributed by atoms with E-state index in [2.05, 4.69) is 357 Å². The second-order valence-electron chi connectivity index (χ2n) is 35.0. The molecule has 536 valence electrons. The molecule has 15 aromatic rings. The van der Waals surface area contributed by atoms with Crippen molar-refractivity contribution in [3.05, 3.63) is 356 Å². The van der Waals surface area contributed by atoms with Crippen molar-refractivity contribution in [2.24, 2.45) is 0 Å². The Hall–Kier alpha value is -13.3. The summed E-state index contributed by atoms with van der Waals surface area (Å²) >= 11 is 0. The Morgan fingerprint density at radius 1 is 0.241 bits per heavy atom. The van der Waals surface area contributed by atoms with E-state index in [-0.39, 0.29) is 0 Å². The van der Waals surface area contributed by atoms with Crippen molar-refractivity contribution < 1.29 is 0 Å². The van der Waals surface area contributed by atoms with Crippen LogP contribution in [0, 0.1) is 34.0 Å². The minimum Gasteiger partial charge on any atom is -0.310 e. The van der Waals surface area contributed by atoms with E-state index in [0.29, 0.717) is 16.7 Å². The average Bonchev–Trinajstić information content (AvgIpc) is 1.30. The fraction of sp³-hybridized carbons (Fsp3) is 0.171. The van der Waals surface area contributed by atoms with Crippen molar-refractivity contribution in [1.82, 2.24) is 0 Å². The van der Waals surface area contributed by atoms with Crippen LogP contribution in [0.3, 0.4) is 0 Å². The first-order valence-electron chi connectivity index (χ1n) is 39.2. The summed E-state index contributed by atoms with van der Waals surface area (Å²) in [4.78, 5) is 10.0. The molecule has 15 aromatic carbocycles. The fourth-order valence-corrected chi connectivity index (χ4v) is 21.2. The van der Waals surface area contributed by atoms with Gasteiger partial charge in [-0.05, 0) is 244 Å². The third kappa shape index (κ3) is 8.84. The summed E-state index contributed by atoms with van der Waals surface area (Å²) in [6.45, 7) is 30.1. The zero-order valence-electron chi connectivity index (χ0n) is 65.1. The summed E-state index contributed by atoms with van der Waals surface area (Å²) in [5.41, 5.74) is 35.7. The third-order valence-corrected chi connectivity index (χ3v) is 26.9. The molecule has 0 N–H and O–H groups in total. The molecule has 0 atom stereocenters.